The molecule has 0 bridgehead atoms. The first-order chi connectivity index (χ1) is 11.5. The number of hydrogen-bond acceptors (Lipinski definition) is 6. The Hall–Kier alpha value is -2.48. The van der Waals surface area contributed by atoms with Gasteiger partial charge in [0.2, 0.25) is 11.8 Å². The Morgan fingerprint density at radius 2 is 2.25 bits per heavy atom. The van der Waals surface area contributed by atoms with Gasteiger partial charge in [-0.25, -0.2) is 4.68 Å². The molecular weight excluding hydrogens is 310 g/mol. The van der Waals surface area contributed by atoms with E-state index in [1.807, 2.05) is 18.7 Å². The lowest BCUT2D eigenvalue weighted by molar-refractivity contribution is -0.121. The zero-order chi connectivity index (χ0) is 17.3. The Morgan fingerprint density at radius 3 is 2.92 bits per heavy atom. The molecule has 0 aromatic carbocycles. The van der Waals surface area contributed by atoms with Crippen molar-refractivity contribution < 1.29 is 9.32 Å². The largest absolute Gasteiger partial charge is 0.338 e. The van der Waals surface area contributed by atoms with E-state index < -0.39 is 0 Å². The fourth-order valence-corrected chi connectivity index (χ4v) is 2.83. The molecule has 1 unspecified atom stereocenters. The molecule has 0 fully saturated rings. The SMILES string of the molecule is CCn1nc2c(cc1=O)CN(C(C)C(=O)Nc1cc(C)no1)CC2. The maximum atomic E-state index is 12.4. The standard InChI is InChI=1S/C16H21N5O3/c1-4-21-15(22)8-12-9-20(6-5-13(12)18-21)11(3)16(23)17-14-7-10(2)19-24-14/h7-8,11H,4-6,9H2,1-3H3,(H,17,23). The third kappa shape index (κ3) is 3.23. The summed E-state index contributed by atoms with van der Waals surface area (Å²) >= 11 is 0. The summed E-state index contributed by atoms with van der Waals surface area (Å²) in [6.45, 7) is 7.33. The lowest BCUT2D eigenvalue weighted by Crippen LogP contribution is -2.45. The van der Waals surface area contributed by atoms with Gasteiger partial charge in [-0.3, -0.25) is 19.8 Å². The molecule has 128 valence electrons. The normalized spacial score (nSPS) is 15.8. The Morgan fingerprint density at radius 1 is 1.46 bits per heavy atom. The van der Waals surface area contributed by atoms with Gasteiger partial charge in [0.15, 0.2) is 0 Å². The van der Waals surface area contributed by atoms with E-state index in [0.717, 1.165) is 11.3 Å². The first-order valence-electron chi connectivity index (χ1n) is 8.06. The van der Waals surface area contributed by atoms with Crippen LogP contribution >= 0.6 is 0 Å². The number of fused-ring (bicyclic) bond motifs is 1. The third-order valence-corrected chi connectivity index (χ3v) is 4.27. The van der Waals surface area contributed by atoms with E-state index in [9.17, 15) is 9.59 Å². The number of aromatic nitrogens is 3. The second-order valence-electron chi connectivity index (χ2n) is 5.99. The van der Waals surface area contributed by atoms with Crippen LogP contribution in [0.5, 0.6) is 0 Å². The van der Waals surface area contributed by atoms with Crippen molar-refractivity contribution in [3.8, 4) is 0 Å². The zero-order valence-electron chi connectivity index (χ0n) is 14.1. The van der Waals surface area contributed by atoms with Gasteiger partial charge in [-0.15, -0.1) is 0 Å². The molecule has 3 rings (SSSR count). The average Bonchev–Trinajstić information content (AvgIpc) is 2.97. The predicted molar refractivity (Wildman–Crippen MR) is 87.6 cm³/mol. The van der Waals surface area contributed by atoms with Gasteiger partial charge in [-0.05, 0) is 26.3 Å². The maximum Gasteiger partial charge on any atom is 0.267 e. The van der Waals surface area contributed by atoms with Gasteiger partial charge < -0.3 is 4.52 Å². The summed E-state index contributed by atoms with van der Waals surface area (Å²) in [6, 6.07) is 2.95. The van der Waals surface area contributed by atoms with Crippen molar-refractivity contribution in [2.45, 2.75) is 46.3 Å². The van der Waals surface area contributed by atoms with E-state index in [1.165, 1.54) is 4.68 Å². The van der Waals surface area contributed by atoms with Crippen molar-refractivity contribution in [2.75, 3.05) is 11.9 Å². The molecule has 2 aromatic heterocycles. The lowest BCUT2D eigenvalue weighted by Gasteiger charge is -2.32. The number of nitrogens with one attached hydrogen (secondary N) is 1. The summed E-state index contributed by atoms with van der Waals surface area (Å²) in [5.41, 5.74) is 2.44. The highest BCUT2D eigenvalue weighted by Gasteiger charge is 2.27. The summed E-state index contributed by atoms with van der Waals surface area (Å²) in [4.78, 5) is 26.4. The van der Waals surface area contributed by atoms with Crippen molar-refractivity contribution in [1.82, 2.24) is 19.8 Å². The molecule has 0 saturated carbocycles. The minimum Gasteiger partial charge on any atom is -0.338 e. The molecule has 8 heteroatoms. The first-order valence-corrected chi connectivity index (χ1v) is 8.06. The van der Waals surface area contributed by atoms with Crippen LogP contribution in [-0.2, 0) is 24.3 Å². The van der Waals surface area contributed by atoms with E-state index in [1.54, 1.807) is 19.1 Å². The van der Waals surface area contributed by atoms with E-state index in [4.69, 9.17) is 4.52 Å². The highest BCUT2D eigenvalue weighted by molar-refractivity contribution is 5.93. The average molecular weight is 331 g/mol. The van der Waals surface area contributed by atoms with Crippen molar-refractivity contribution >= 4 is 11.8 Å². The summed E-state index contributed by atoms with van der Waals surface area (Å²) in [7, 11) is 0. The monoisotopic (exact) mass is 331 g/mol. The van der Waals surface area contributed by atoms with Gasteiger partial charge in [0, 0.05) is 38.2 Å². The van der Waals surface area contributed by atoms with E-state index in [0.29, 0.717) is 37.6 Å². The predicted octanol–water partition coefficient (Wildman–Crippen LogP) is 0.945. The summed E-state index contributed by atoms with van der Waals surface area (Å²) < 4.78 is 6.48. The Labute approximate surface area is 139 Å². The number of rotatable bonds is 4. The zero-order valence-corrected chi connectivity index (χ0v) is 14.1. The molecule has 0 radical (unpaired) electrons. The second kappa shape index (κ2) is 6.56. The third-order valence-electron chi connectivity index (χ3n) is 4.27. The van der Waals surface area contributed by atoms with Crippen molar-refractivity contribution in [1.29, 1.82) is 0 Å². The van der Waals surface area contributed by atoms with Crippen LogP contribution in [0.1, 0.15) is 30.8 Å². The van der Waals surface area contributed by atoms with Crippen LogP contribution in [0.2, 0.25) is 0 Å². The second-order valence-corrected chi connectivity index (χ2v) is 5.99. The van der Waals surface area contributed by atoms with Crippen LogP contribution in [-0.4, -0.2) is 38.3 Å². The molecule has 2 aromatic rings. The number of hydrogen-bond donors (Lipinski definition) is 1. The molecular formula is C16H21N5O3. The van der Waals surface area contributed by atoms with Gasteiger partial charge in [0.1, 0.15) is 0 Å². The Bertz CT molecular complexity index is 810. The van der Waals surface area contributed by atoms with Crippen molar-refractivity contribution in [3.05, 3.63) is 39.4 Å². The van der Waals surface area contributed by atoms with E-state index in [2.05, 4.69) is 15.6 Å². The highest BCUT2D eigenvalue weighted by atomic mass is 16.5. The topological polar surface area (TPSA) is 93.3 Å². The molecule has 0 saturated heterocycles. The van der Waals surface area contributed by atoms with Crippen LogP contribution < -0.4 is 10.9 Å². The summed E-state index contributed by atoms with van der Waals surface area (Å²) in [5, 5.41) is 10.9. The Balaban J connectivity index is 1.71. The molecule has 1 aliphatic rings. The summed E-state index contributed by atoms with van der Waals surface area (Å²) in [6.07, 6.45) is 0.717. The molecule has 1 N–H and O–H groups in total. The van der Waals surface area contributed by atoms with Gasteiger partial charge >= 0.3 is 0 Å². The van der Waals surface area contributed by atoms with Crippen LogP contribution in [0.3, 0.4) is 0 Å². The van der Waals surface area contributed by atoms with Crippen molar-refractivity contribution in [2.24, 2.45) is 0 Å². The quantitative estimate of drug-likeness (QED) is 0.896. The van der Waals surface area contributed by atoms with Crippen LogP contribution in [0, 0.1) is 6.92 Å². The molecule has 8 nitrogen and oxygen atoms in total. The van der Waals surface area contributed by atoms with Gasteiger partial charge in [-0.1, -0.05) is 5.16 Å². The molecule has 24 heavy (non-hydrogen) atoms. The smallest absolute Gasteiger partial charge is 0.267 e. The van der Waals surface area contributed by atoms with Gasteiger partial charge in [0.05, 0.1) is 17.4 Å². The molecule has 0 spiro atoms. The molecule has 1 aliphatic heterocycles. The lowest BCUT2D eigenvalue weighted by atomic mass is 10.0. The molecule has 3 heterocycles. The van der Waals surface area contributed by atoms with E-state index >= 15 is 0 Å². The molecule has 0 aliphatic carbocycles. The fourth-order valence-electron chi connectivity index (χ4n) is 2.83. The van der Waals surface area contributed by atoms with Gasteiger partial charge in [-0.2, -0.15) is 5.10 Å². The molecule has 1 atom stereocenters. The number of aryl methyl sites for hydroxylation is 2. The van der Waals surface area contributed by atoms with Crippen LogP contribution in [0.25, 0.3) is 0 Å². The van der Waals surface area contributed by atoms with E-state index in [-0.39, 0.29) is 17.5 Å². The first kappa shape index (κ1) is 16.4. The van der Waals surface area contributed by atoms with Crippen LogP contribution in [0.15, 0.2) is 21.5 Å². The minimum atomic E-state index is -0.350. The number of anilines is 1. The summed E-state index contributed by atoms with van der Waals surface area (Å²) in [5.74, 6) is 0.179. The molecule has 1 amide bonds. The maximum absolute atomic E-state index is 12.4. The fraction of sp³-hybridized carbons (Fsp3) is 0.500. The number of carbonyl (C=O) groups excluding carboxylic acids is 1. The van der Waals surface area contributed by atoms with Gasteiger partial charge in [0.25, 0.3) is 5.56 Å². The minimum absolute atomic E-state index is 0.104. The number of amides is 1. The van der Waals surface area contributed by atoms with Crippen LogP contribution in [0.4, 0.5) is 5.88 Å². The Kier molecular flexibility index (Phi) is 4.48. The number of nitrogens with zero attached hydrogens (tertiary/aromatic N) is 4. The highest BCUT2D eigenvalue weighted by Crippen LogP contribution is 2.18. The number of carbonyl (C=O) groups is 1. The van der Waals surface area contributed by atoms with Crippen molar-refractivity contribution in [3.63, 3.8) is 0 Å².